The molecular weight excluding hydrogens is 448 g/mol. The minimum Gasteiger partial charge on any atom is -0.491 e. The summed E-state index contributed by atoms with van der Waals surface area (Å²) in [7, 11) is -4.01. The molecule has 8 heteroatoms. The fourth-order valence-corrected chi connectivity index (χ4v) is 4.77. The Kier molecular flexibility index (Phi) is 7.77. The molecule has 0 aliphatic carbocycles. The molecule has 3 aromatic carbocycles. The molecule has 0 saturated carbocycles. The zero-order valence-corrected chi connectivity index (χ0v) is 19.4. The largest absolute Gasteiger partial charge is 0.491 e. The van der Waals surface area contributed by atoms with Crippen LogP contribution in [0.4, 0.5) is 5.69 Å². The summed E-state index contributed by atoms with van der Waals surface area (Å²) in [5.41, 5.74) is 1.36. The zero-order chi connectivity index (χ0) is 23.1. The quantitative estimate of drug-likeness (QED) is 0.500. The molecule has 0 aliphatic heterocycles. The van der Waals surface area contributed by atoms with Crippen molar-refractivity contribution in [3.05, 3.63) is 89.4 Å². The molecule has 0 aliphatic rings. The Morgan fingerprint density at radius 1 is 1.00 bits per heavy atom. The fraction of sp³-hybridized carbons (Fsp3) is 0.208. The molecule has 0 heterocycles. The minimum atomic E-state index is -4.01. The number of nitrogens with one attached hydrogen (secondary N) is 1. The summed E-state index contributed by atoms with van der Waals surface area (Å²) in [5, 5.41) is 3.02. The monoisotopic (exact) mass is 472 g/mol. The zero-order valence-electron chi connectivity index (χ0n) is 17.9. The summed E-state index contributed by atoms with van der Waals surface area (Å²) in [6.45, 7) is 3.60. The van der Waals surface area contributed by atoms with Gasteiger partial charge in [-0.05, 0) is 50.2 Å². The number of ether oxygens (including phenoxy) is 1. The van der Waals surface area contributed by atoms with Crippen molar-refractivity contribution in [2.75, 3.05) is 17.5 Å². The van der Waals surface area contributed by atoms with Crippen LogP contribution in [0.15, 0.2) is 83.8 Å². The first kappa shape index (κ1) is 23.6. The summed E-state index contributed by atoms with van der Waals surface area (Å²) in [5.74, 6) is 0.227. The topological polar surface area (TPSA) is 75.7 Å². The Morgan fingerprint density at radius 3 is 2.28 bits per heavy atom. The van der Waals surface area contributed by atoms with Crippen molar-refractivity contribution in [1.82, 2.24) is 5.32 Å². The summed E-state index contributed by atoms with van der Waals surface area (Å²) in [6, 6.07) is 21.7. The molecular formula is C24H25ClN2O4S. The Bertz CT molecular complexity index is 1150. The van der Waals surface area contributed by atoms with Gasteiger partial charge in [-0.2, -0.15) is 0 Å². The predicted molar refractivity (Wildman–Crippen MR) is 127 cm³/mol. The van der Waals surface area contributed by atoms with E-state index in [-0.39, 0.29) is 28.3 Å². The van der Waals surface area contributed by atoms with Gasteiger partial charge in [0.05, 0.1) is 21.6 Å². The van der Waals surface area contributed by atoms with Crippen LogP contribution in [0, 0.1) is 6.92 Å². The van der Waals surface area contributed by atoms with Crippen LogP contribution in [0.3, 0.4) is 0 Å². The van der Waals surface area contributed by atoms with Gasteiger partial charge >= 0.3 is 0 Å². The third-order valence-electron chi connectivity index (χ3n) is 4.67. The molecule has 6 nitrogen and oxygen atoms in total. The van der Waals surface area contributed by atoms with E-state index in [4.69, 9.17) is 16.3 Å². The van der Waals surface area contributed by atoms with Gasteiger partial charge in [-0.15, -0.1) is 0 Å². The van der Waals surface area contributed by atoms with Crippen molar-refractivity contribution in [1.29, 1.82) is 0 Å². The number of amides is 1. The van der Waals surface area contributed by atoms with Crippen molar-refractivity contribution in [2.24, 2.45) is 0 Å². The molecule has 3 rings (SSSR count). The van der Waals surface area contributed by atoms with E-state index in [9.17, 15) is 13.2 Å². The number of halogens is 1. The highest BCUT2D eigenvalue weighted by Gasteiger charge is 2.28. The average Bonchev–Trinajstić information content (AvgIpc) is 2.78. The molecule has 32 heavy (non-hydrogen) atoms. The van der Waals surface area contributed by atoms with Gasteiger partial charge in [-0.1, -0.05) is 59.6 Å². The normalized spacial score (nSPS) is 12.1. The highest BCUT2D eigenvalue weighted by Crippen LogP contribution is 2.30. The molecule has 0 fully saturated rings. The number of anilines is 1. The van der Waals surface area contributed by atoms with Crippen LogP contribution < -0.4 is 14.4 Å². The number of hydrogen-bond acceptors (Lipinski definition) is 4. The smallest absolute Gasteiger partial charge is 0.264 e. The molecule has 1 N–H and O–H groups in total. The Balaban J connectivity index is 1.74. The van der Waals surface area contributed by atoms with Crippen molar-refractivity contribution in [3.63, 3.8) is 0 Å². The second-order valence-electron chi connectivity index (χ2n) is 7.37. The third kappa shape index (κ3) is 6.02. The van der Waals surface area contributed by atoms with Gasteiger partial charge in [0.25, 0.3) is 10.0 Å². The second kappa shape index (κ2) is 10.5. The lowest BCUT2D eigenvalue weighted by Crippen LogP contribution is -2.45. The first-order valence-corrected chi connectivity index (χ1v) is 11.9. The lowest BCUT2D eigenvalue weighted by atomic mass is 10.2. The van der Waals surface area contributed by atoms with Gasteiger partial charge in [-0.25, -0.2) is 8.42 Å². The van der Waals surface area contributed by atoms with Crippen molar-refractivity contribution in [3.8, 4) is 5.75 Å². The summed E-state index contributed by atoms with van der Waals surface area (Å²) in [6.07, 6.45) is 0. The molecule has 0 radical (unpaired) electrons. The Labute approximate surface area is 193 Å². The number of nitrogens with zero attached hydrogens (tertiary/aromatic N) is 1. The summed E-state index contributed by atoms with van der Waals surface area (Å²) >= 11 is 6.27. The van der Waals surface area contributed by atoms with Gasteiger partial charge in [0.2, 0.25) is 5.91 Å². The first-order chi connectivity index (χ1) is 15.3. The van der Waals surface area contributed by atoms with E-state index >= 15 is 0 Å². The lowest BCUT2D eigenvalue weighted by Gasteiger charge is -2.25. The Hall–Kier alpha value is -3.03. The van der Waals surface area contributed by atoms with E-state index < -0.39 is 22.5 Å². The number of sulfonamides is 1. The average molecular weight is 473 g/mol. The molecule has 168 valence electrons. The summed E-state index contributed by atoms with van der Waals surface area (Å²) in [4.78, 5) is 12.8. The van der Waals surface area contributed by atoms with Crippen LogP contribution in [-0.2, 0) is 14.8 Å². The van der Waals surface area contributed by atoms with E-state index in [1.165, 1.54) is 12.1 Å². The standard InChI is InChI=1S/C24H25ClN2O4S/c1-18-12-14-20(15-13-18)31-17-19(2)26-24(28)16-27(23-11-7-6-10-22(23)25)32(29,30)21-8-4-3-5-9-21/h3-15,19H,16-17H2,1-2H3,(H,26,28). The second-order valence-corrected chi connectivity index (χ2v) is 9.64. The highest BCUT2D eigenvalue weighted by molar-refractivity contribution is 7.92. The molecule has 0 aromatic heterocycles. The van der Waals surface area contributed by atoms with Crippen LogP contribution >= 0.6 is 11.6 Å². The maximum absolute atomic E-state index is 13.3. The van der Waals surface area contributed by atoms with E-state index in [0.717, 1.165) is 9.87 Å². The molecule has 1 amide bonds. The van der Waals surface area contributed by atoms with E-state index in [2.05, 4.69) is 5.32 Å². The highest BCUT2D eigenvalue weighted by atomic mass is 35.5. The SMILES string of the molecule is Cc1ccc(OCC(C)NC(=O)CN(c2ccccc2Cl)S(=O)(=O)c2ccccc2)cc1. The van der Waals surface area contributed by atoms with E-state index in [1.807, 2.05) is 31.2 Å². The number of carbonyl (C=O) groups is 1. The van der Waals surface area contributed by atoms with Crippen LogP contribution in [0.1, 0.15) is 12.5 Å². The first-order valence-electron chi connectivity index (χ1n) is 10.1. The third-order valence-corrected chi connectivity index (χ3v) is 6.76. The number of carbonyl (C=O) groups excluding carboxylic acids is 1. The maximum Gasteiger partial charge on any atom is 0.264 e. The Morgan fingerprint density at radius 2 is 1.62 bits per heavy atom. The molecule has 0 saturated heterocycles. The van der Waals surface area contributed by atoms with Crippen LogP contribution in [0.25, 0.3) is 0 Å². The van der Waals surface area contributed by atoms with Crippen LogP contribution in [0.5, 0.6) is 5.75 Å². The maximum atomic E-state index is 13.3. The summed E-state index contributed by atoms with van der Waals surface area (Å²) < 4.78 is 33.3. The molecule has 1 atom stereocenters. The van der Waals surface area contributed by atoms with Crippen LogP contribution in [0.2, 0.25) is 5.02 Å². The number of aryl methyl sites for hydroxylation is 1. The molecule has 3 aromatic rings. The van der Waals surface area contributed by atoms with Crippen LogP contribution in [-0.4, -0.2) is 33.5 Å². The van der Waals surface area contributed by atoms with E-state index in [0.29, 0.717) is 5.75 Å². The van der Waals surface area contributed by atoms with E-state index in [1.54, 1.807) is 49.4 Å². The number of benzene rings is 3. The van der Waals surface area contributed by atoms with Gasteiger partial charge in [-0.3, -0.25) is 9.10 Å². The van der Waals surface area contributed by atoms with Gasteiger partial charge in [0, 0.05) is 0 Å². The number of rotatable bonds is 9. The van der Waals surface area contributed by atoms with Gasteiger partial charge in [0.15, 0.2) is 0 Å². The van der Waals surface area contributed by atoms with Gasteiger partial charge in [0.1, 0.15) is 18.9 Å². The van der Waals surface area contributed by atoms with Crippen molar-refractivity contribution >= 4 is 33.2 Å². The molecule has 0 spiro atoms. The van der Waals surface area contributed by atoms with Crippen molar-refractivity contribution < 1.29 is 17.9 Å². The molecule has 0 bridgehead atoms. The van der Waals surface area contributed by atoms with Crippen molar-refractivity contribution in [2.45, 2.75) is 24.8 Å². The number of para-hydroxylation sites is 1. The minimum absolute atomic E-state index is 0.0727. The number of hydrogen-bond donors (Lipinski definition) is 1. The predicted octanol–water partition coefficient (Wildman–Crippen LogP) is 4.43. The fourth-order valence-electron chi connectivity index (χ4n) is 3.02. The molecule has 1 unspecified atom stereocenters. The van der Waals surface area contributed by atoms with Gasteiger partial charge < -0.3 is 10.1 Å². The lowest BCUT2D eigenvalue weighted by molar-refractivity contribution is -0.120.